The van der Waals surface area contributed by atoms with Crippen LogP contribution in [0.15, 0.2) is 18.6 Å². The number of aryl methyl sites for hydroxylation is 1. The number of nitrogens with two attached hydrogens (primary N) is 1. The van der Waals surface area contributed by atoms with Crippen LogP contribution in [0.25, 0.3) is 0 Å². The quantitative estimate of drug-likeness (QED) is 0.509. The molecule has 0 saturated carbocycles. The number of hydrogen-bond donors (Lipinski definition) is 4. The van der Waals surface area contributed by atoms with Crippen LogP contribution in [-0.2, 0) is 13.2 Å². The van der Waals surface area contributed by atoms with Gasteiger partial charge in [0, 0.05) is 17.3 Å². The summed E-state index contributed by atoms with van der Waals surface area (Å²) >= 11 is 0. The third-order valence-corrected chi connectivity index (χ3v) is 2.20. The lowest BCUT2D eigenvalue weighted by atomic mass is 10.1. The van der Waals surface area contributed by atoms with E-state index < -0.39 is 0 Å². The fourth-order valence-electron chi connectivity index (χ4n) is 1.21. The van der Waals surface area contributed by atoms with Crippen molar-refractivity contribution in [3.05, 3.63) is 35.4 Å². The number of aliphatic hydroxyl groups excluding tert-OH is 2. The van der Waals surface area contributed by atoms with Gasteiger partial charge in [-0.25, -0.2) is 0 Å². The SMILES string of the molecule is Cc1ncc(CO)c(CO)c1O.Nn1ccnn1. The van der Waals surface area contributed by atoms with Gasteiger partial charge in [0.2, 0.25) is 0 Å². The summed E-state index contributed by atoms with van der Waals surface area (Å²) in [5.41, 5.74) is 1.27. The first-order valence-electron chi connectivity index (χ1n) is 5.09. The molecule has 0 radical (unpaired) electrons. The van der Waals surface area contributed by atoms with Gasteiger partial charge in [0.05, 0.1) is 31.3 Å². The lowest BCUT2D eigenvalue weighted by Crippen LogP contribution is -2.07. The molecule has 0 amide bonds. The lowest BCUT2D eigenvalue weighted by molar-refractivity contribution is 0.254. The van der Waals surface area contributed by atoms with Gasteiger partial charge in [-0.3, -0.25) is 4.98 Å². The Bertz CT molecular complexity index is 487. The minimum absolute atomic E-state index is 0.0379. The summed E-state index contributed by atoms with van der Waals surface area (Å²) in [5, 5.41) is 33.8. The number of pyridine rings is 1. The zero-order valence-corrected chi connectivity index (χ0v) is 9.85. The summed E-state index contributed by atoms with van der Waals surface area (Å²) in [6.07, 6.45) is 4.51. The second-order valence-electron chi connectivity index (χ2n) is 3.40. The zero-order chi connectivity index (χ0) is 13.5. The maximum absolute atomic E-state index is 9.38. The number of aromatic hydroxyl groups is 1. The highest BCUT2D eigenvalue weighted by molar-refractivity contribution is 5.39. The summed E-state index contributed by atoms with van der Waals surface area (Å²) < 4.78 is 0. The van der Waals surface area contributed by atoms with Crippen molar-refractivity contribution in [3.8, 4) is 5.75 Å². The molecule has 5 N–H and O–H groups in total. The molecule has 2 rings (SSSR count). The van der Waals surface area contributed by atoms with E-state index in [0.29, 0.717) is 16.8 Å². The number of nitrogen functional groups attached to an aromatic ring is 1. The van der Waals surface area contributed by atoms with Gasteiger partial charge in [-0.15, -0.1) is 5.10 Å². The number of hydrogen-bond acceptors (Lipinski definition) is 7. The highest BCUT2D eigenvalue weighted by atomic mass is 16.3. The van der Waals surface area contributed by atoms with E-state index in [1.807, 2.05) is 0 Å². The molecule has 0 bridgehead atoms. The Morgan fingerprint density at radius 1 is 1.33 bits per heavy atom. The average molecular weight is 253 g/mol. The smallest absolute Gasteiger partial charge is 0.142 e. The molecule has 0 aliphatic carbocycles. The van der Waals surface area contributed by atoms with Crippen LogP contribution in [0.1, 0.15) is 16.8 Å². The van der Waals surface area contributed by atoms with Crippen LogP contribution in [-0.4, -0.2) is 35.4 Å². The summed E-state index contributed by atoms with van der Waals surface area (Å²) in [6, 6.07) is 0. The molecule has 0 spiro atoms. The predicted molar refractivity (Wildman–Crippen MR) is 62.7 cm³/mol. The van der Waals surface area contributed by atoms with Crippen molar-refractivity contribution < 1.29 is 15.3 Å². The van der Waals surface area contributed by atoms with Crippen molar-refractivity contribution in [2.75, 3.05) is 5.84 Å². The number of rotatable bonds is 2. The summed E-state index contributed by atoms with van der Waals surface area (Å²) in [7, 11) is 0. The third kappa shape index (κ3) is 3.40. The fraction of sp³-hybridized carbons (Fsp3) is 0.300. The Kier molecular flexibility index (Phi) is 5.03. The van der Waals surface area contributed by atoms with Gasteiger partial charge >= 0.3 is 0 Å². The maximum Gasteiger partial charge on any atom is 0.142 e. The molecule has 18 heavy (non-hydrogen) atoms. The normalized spacial score (nSPS) is 9.72. The molecule has 0 unspecified atom stereocenters. The second kappa shape index (κ2) is 6.52. The van der Waals surface area contributed by atoms with Crippen molar-refractivity contribution in [2.24, 2.45) is 0 Å². The number of nitrogens with zero attached hydrogens (tertiary/aromatic N) is 4. The molecule has 0 atom stereocenters. The van der Waals surface area contributed by atoms with Crippen molar-refractivity contribution >= 4 is 0 Å². The van der Waals surface area contributed by atoms with Gasteiger partial charge in [0.25, 0.3) is 0 Å². The molecule has 0 saturated heterocycles. The first-order chi connectivity index (χ1) is 8.60. The molecular formula is C10H15N5O3. The Labute approximate surface area is 103 Å². The van der Waals surface area contributed by atoms with Crippen molar-refractivity contribution in [1.82, 2.24) is 20.1 Å². The van der Waals surface area contributed by atoms with Gasteiger partial charge in [-0.05, 0) is 12.1 Å². The lowest BCUT2D eigenvalue weighted by Gasteiger charge is -2.07. The fourth-order valence-corrected chi connectivity index (χ4v) is 1.21. The van der Waals surface area contributed by atoms with Gasteiger partial charge in [-0.2, -0.15) is 4.79 Å². The average Bonchev–Trinajstić information content (AvgIpc) is 2.84. The molecule has 98 valence electrons. The van der Waals surface area contributed by atoms with E-state index in [0.717, 1.165) is 4.79 Å². The third-order valence-electron chi connectivity index (χ3n) is 2.20. The molecule has 0 aromatic carbocycles. The Morgan fingerprint density at radius 2 is 2.06 bits per heavy atom. The van der Waals surface area contributed by atoms with E-state index in [1.165, 1.54) is 12.4 Å². The van der Waals surface area contributed by atoms with Crippen LogP contribution >= 0.6 is 0 Å². The second-order valence-corrected chi connectivity index (χ2v) is 3.40. The van der Waals surface area contributed by atoms with Crippen LogP contribution in [0.5, 0.6) is 5.75 Å². The minimum atomic E-state index is -0.287. The zero-order valence-electron chi connectivity index (χ0n) is 9.85. The largest absolute Gasteiger partial charge is 0.506 e. The van der Waals surface area contributed by atoms with Crippen LogP contribution in [0, 0.1) is 6.92 Å². The first kappa shape index (κ1) is 13.9. The van der Waals surface area contributed by atoms with Crippen molar-refractivity contribution in [2.45, 2.75) is 20.1 Å². The van der Waals surface area contributed by atoms with E-state index in [1.54, 1.807) is 13.1 Å². The Balaban J connectivity index is 0.000000225. The Morgan fingerprint density at radius 3 is 2.44 bits per heavy atom. The molecule has 2 aromatic rings. The molecule has 2 heterocycles. The predicted octanol–water partition coefficient (Wildman–Crippen LogP) is -0.928. The van der Waals surface area contributed by atoms with Crippen LogP contribution in [0.3, 0.4) is 0 Å². The summed E-state index contributed by atoms with van der Waals surface area (Å²) in [5.74, 6) is 4.98. The first-order valence-corrected chi connectivity index (χ1v) is 5.09. The molecular weight excluding hydrogens is 238 g/mol. The Hall–Kier alpha value is -2.19. The summed E-state index contributed by atoms with van der Waals surface area (Å²) in [4.78, 5) is 4.98. The van der Waals surface area contributed by atoms with Crippen molar-refractivity contribution in [3.63, 3.8) is 0 Å². The van der Waals surface area contributed by atoms with E-state index in [4.69, 9.17) is 16.1 Å². The van der Waals surface area contributed by atoms with Crippen LogP contribution < -0.4 is 5.84 Å². The maximum atomic E-state index is 9.38. The topological polar surface area (TPSA) is 130 Å². The monoisotopic (exact) mass is 253 g/mol. The summed E-state index contributed by atoms with van der Waals surface area (Å²) in [6.45, 7) is 1.12. The van der Waals surface area contributed by atoms with Gasteiger partial charge < -0.3 is 21.2 Å². The van der Waals surface area contributed by atoms with E-state index in [-0.39, 0.29) is 19.0 Å². The standard InChI is InChI=1S/C8H11NO3.C2H4N4/c1-5-8(12)7(4-11)6(3-10)2-9-5;3-6-2-1-4-5-6/h2,10-12H,3-4H2,1H3;1-2H,3H2. The molecule has 0 aliphatic heterocycles. The van der Waals surface area contributed by atoms with Crippen molar-refractivity contribution in [1.29, 1.82) is 0 Å². The highest BCUT2D eigenvalue weighted by Crippen LogP contribution is 2.23. The molecule has 0 aliphatic rings. The van der Waals surface area contributed by atoms with Gasteiger partial charge in [0.1, 0.15) is 5.75 Å². The highest BCUT2D eigenvalue weighted by Gasteiger charge is 2.09. The minimum Gasteiger partial charge on any atom is -0.506 e. The van der Waals surface area contributed by atoms with Crippen LogP contribution in [0.4, 0.5) is 0 Å². The number of aliphatic hydroxyl groups is 2. The molecule has 8 heteroatoms. The molecule has 0 fully saturated rings. The van der Waals surface area contributed by atoms with E-state index in [9.17, 15) is 5.11 Å². The molecule has 2 aromatic heterocycles. The van der Waals surface area contributed by atoms with Crippen LogP contribution in [0.2, 0.25) is 0 Å². The molecule has 8 nitrogen and oxygen atoms in total. The van der Waals surface area contributed by atoms with Gasteiger partial charge in [0.15, 0.2) is 0 Å². The van der Waals surface area contributed by atoms with Gasteiger partial charge in [-0.1, -0.05) is 0 Å². The van der Waals surface area contributed by atoms with E-state index in [2.05, 4.69) is 15.3 Å². The number of aromatic nitrogens is 4. The van der Waals surface area contributed by atoms with E-state index >= 15 is 0 Å².